The second-order valence-corrected chi connectivity index (χ2v) is 6.23. The number of pyridine rings is 1. The van der Waals surface area contributed by atoms with Gasteiger partial charge in [-0.1, -0.05) is 0 Å². The van der Waals surface area contributed by atoms with E-state index in [2.05, 4.69) is 35.0 Å². The lowest BCUT2D eigenvalue weighted by Crippen LogP contribution is -2.29. The van der Waals surface area contributed by atoms with E-state index in [4.69, 9.17) is 0 Å². The van der Waals surface area contributed by atoms with Crippen molar-refractivity contribution in [2.24, 2.45) is 0 Å². The maximum atomic E-state index is 12.0. The highest BCUT2D eigenvalue weighted by atomic mass is 32.2. The number of nitrogens with one attached hydrogen (secondary N) is 2. The van der Waals surface area contributed by atoms with E-state index in [1.54, 1.807) is 18.5 Å². The second-order valence-electron chi connectivity index (χ2n) is 4.46. The lowest BCUT2D eigenvalue weighted by Gasteiger charge is -2.08. The molecular formula is C13H13N7O2S. The van der Waals surface area contributed by atoms with E-state index < -0.39 is 10.0 Å². The summed E-state index contributed by atoms with van der Waals surface area (Å²) in [5.74, 6) is 0.503. The first-order chi connectivity index (χ1) is 11.2. The molecule has 3 heterocycles. The average Bonchev–Trinajstić information content (AvgIpc) is 2.59. The molecular weight excluding hydrogens is 318 g/mol. The summed E-state index contributed by atoms with van der Waals surface area (Å²) in [5.41, 5.74) is 1.01. The maximum absolute atomic E-state index is 12.0. The molecule has 118 valence electrons. The molecule has 3 aromatic rings. The third kappa shape index (κ3) is 3.55. The molecule has 3 aromatic heterocycles. The Balaban J connectivity index is 1.62. The number of sulfonamides is 1. The normalized spacial score (nSPS) is 11.5. The van der Waals surface area contributed by atoms with Crippen LogP contribution in [0.1, 0.15) is 0 Å². The molecule has 3 rings (SSSR count). The van der Waals surface area contributed by atoms with Crippen molar-refractivity contribution in [1.29, 1.82) is 0 Å². The molecule has 10 heteroatoms. The highest BCUT2D eigenvalue weighted by molar-refractivity contribution is 7.89. The van der Waals surface area contributed by atoms with Crippen LogP contribution in [0.2, 0.25) is 0 Å². The van der Waals surface area contributed by atoms with Crippen molar-refractivity contribution in [3.8, 4) is 0 Å². The van der Waals surface area contributed by atoms with Gasteiger partial charge in [0, 0.05) is 37.9 Å². The minimum Gasteiger partial charge on any atom is -0.367 e. The smallest absolute Gasteiger partial charge is 0.242 e. The number of rotatable bonds is 6. The summed E-state index contributed by atoms with van der Waals surface area (Å²) in [6.07, 6.45) is 7.27. The maximum Gasteiger partial charge on any atom is 0.242 e. The highest BCUT2D eigenvalue weighted by Crippen LogP contribution is 2.13. The minimum absolute atomic E-state index is 0.123. The van der Waals surface area contributed by atoms with Gasteiger partial charge in [0.25, 0.3) is 0 Å². The lowest BCUT2D eigenvalue weighted by molar-refractivity contribution is 0.582. The fourth-order valence-corrected chi connectivity index (χ4v) is 2.87. The molecule has 0 saturated heterocycles. The largest absolute Gasteiger partial charge is 0.367 e. The number of aromatic nitrogens is 5. The van der Waals surface area contributed by atoms with Crippen LogP contribution in [0.5, 0.6) is 0 Å². The van der Waals surface area contributed by atoms with E-state index in [0.29, 0.717) is 23.5 Å². The molecule has 9 nitrogen and oxygen atoms in total. The molecule has 0 bridgehead atoms. The fourth-order valence-electron chi connectivity index (χ4n) is 1.88. The molecule has 0 saturated carbocycles. The van der Waals surface area contributed by atoms with E-state index >= 15 is 0 Å². The van der Waals surface area contributed by atoms with Crippen molar-refractivity contribution < 1.29 is 8.42 Å². The van der Waals surface area contributed by atoms with E-state index in [1.165, 1.54) is 24.8 Å². The zero-order chi connectivity index (χ0) is 16.1. The van der Waals surface area contributed by atoms with E-state index in [0.717, 1.165) is 0 Å². The van der Waals surface area contributed by atoms with Crippen LogP contribution < -0.4 is 10.0 Å². The first-order valence-electron chi connectivity index (χ1n) is 6.72. The summed E-state index contributed by atoms with van der Waals surface area (Å²) in [5, 5.41) is 3.02. The van der Waals surface area contributed by atoms with Gasteiger partial charge in [-0.15, -0.1) is 0 Å². The molecule has 0 amide bonds. The molecule has 0 aliphatic rings. The van der Waals surface area contributed by atoms with Crippen molar-refractivity contribution >= 4 is 27.0 Å². The molecule has 0 aliphatic carbocycles. The van der Waals surface area contributed by atoms with Crippen LogP contribution in [0.15, 0.2) is 48.1 Å². The monoisotopic (exact) mass is 331 g/mol. The predicted molar refractivity (Wildman–Crippen MR) is 83.0 cm³/mol. The van der Waals surface area contributed by atoms with E-state index in [1.807, 2.05) is 0 Å². The van der Waals surface area contributed by atoms with Gasteiger partial charge in [-0.2, -0.15) is 0 Å². The van der Waals surface area contributed by atoms with E-state index in [9.17, 15) is 8.42 Å². The van der Waals surface area contributed by atoms with Gasteiger partial charge in [-0.25, -0.2) is 33.1 Å². The zero-order valence-electron chi connectivity index (χ0n) is 11.9. The molecule has 0 fully saturated rings. The van der Waals surface area contributed by atoms with Gasteiger partial charge in [-0.05, 0) is 12.1 Å². The number of fused-ring (bicyclic) bond motifs is 1. The first-order valence-corrected chi connectivity index (χ1v) is 8.20. The van der Waals surface area contributed by atoms with Crippen molar-refractivity contribution in [2.45, 2.75) is 4.90 Å². The molecule has 23 heavy (non-hydrogen) atoms. The summed E-state index contributed by atoms with van der Waals surface area (Å²) in [6, 6.07) is 3.05. The summed E-state index contributed by atoms with van der Waals surface area (Å²) >= 11 is 0. The Labute approximate surface area is 132 Å². The molecule has 0 atom stereocenters. The molecule has 0 spiro atoms. The van der Waals surface area contributed by atoms with Crippen LogP contribution in [0, 0.1) is 0 Å². The van der Waals surface area contributed by atoms with Crippen LogP contribution in [0.3, 0.4) is 0 Å². The van der Waals surface area contributed by atoms with Gasteiger partial charge >= 0.3 is 0 Å². The van der Waals surface area contributed by atoms with Gasteiger partial charge in [0.2, 0.25) is 10.0 Å². The van der Waals surface area contributed by atoms with Crippen LogP contribution in [-0.2, 0) is 10.0 Å². The summed E-state index contributed by atoms with van der Waals surface area (Å²) in [4.78, 5) is 20.2. The van der Waals surface area contributed by atoms with Crippen molar-refractivity contribution in [1.82, 2.24) is 29.6 Å². The topological polar surface area (TPSA) is 123 Å². The van der Waals surface area contributed by atoms with Gasteiger partial charge in [-0.3, -0.25) is 4.98 Å². The average molecular weight is 331 g/mol. The Morgan fingerprint density at radius 1 is 1.00 bits per heavy atom. The molecule has 0 aromatic carbocycles. The molecule has 0 radical (unpaired) electrons. The Morgan fingerprint density at radius 2 is 1.87 bits per heavy atom. The van der Waals surface area contributed by atoms with Crippen molar-refractivity contribution in [3.63, 3.8) is 0 Å². The predicted octanol–water partition coefficient (Wildman–Crippen LogP) is 0.205. The highest BCUT2D eigenvalue weighted by Gasteiger charge is 2.13. The summed E-state index contributed by atoms with van der Waals surface area (Å²) in [6.45, 7) is 0.519. The second kappa shape index (κ2) is 6.58. The number of hydrogen-bond acceptors (Lipinski definition) is 8. The molecule has 0 aliphatic heterocycles. The van der Waals surface area contributed by atoms with Gasteiger partial charge in [0.15, 0.2) is 11.5 Å². The summed E-state index contributed by atoms with van der Waals surface area (Å²) < 4.78 is 26.5. The standard InChI is InChI=1S/C13H13N7O2S/c21-23(22,10-2-1-3-14-8-10)20-7-6-17-13-11-12(18-9-19-13)16-5-4-15-11/h1-5,8-9,20H,6-7H2,(H,16,17,18,19). The van der Waals surface area contributed by atoms with Crippen molar-refractivity contribution in [3.05, 3.63) is 43.2 Å². The Morgan fingerprint density at radius 3 is 2.70 bits per heavy atom. The van der Waals surface area contributed by atoms with Crippen LogP contribution in [-0.4, -0.2) is 46.4 Å². The van der Waals surface area contributed by atoms with Gasteiger partial charge < -0.3 is 5.32 Å². The number of hydrogen-bond donors (Lipinski definition) is 2. The fraction of sp³-hybridized carbons (Fsp3) is 0.154. The quantitative estimate of drug-likeness (QED) is 0.614. The third-order valence-corrected chi connectivity index (χ3v) is 4.37. The lowest BCUT2D eigenvalue weighted by atomic mass is 10.4. The van der Waals surface area contributed by atoms with Crippen LogP contribution >= 0.6 is 0 Å². The van der Waals surface area contributed by atoms with Crippen LogP contribution in [0.4, 0.5) is 5.82 Å². The van der Waals surface area contributed by atoms with E-state index in [-0.39, 0.29) is 11.4 Å². The number of nitrogens with zero attached hydrogens (tertiary/aromatic N) is 5. The van der Waals surface area contributed by atoms with Gasteiger partial charge in [0.1, 0.15) is 16.7 Å². The van der Waals surface area contributed by atoms with Gasteiger partial charge in [0.05, 0.1) is 0 Å². The SMILES string of the molecule is O=S(=O)(NCCNc1ncnc2nccnc12)c1cccnc1. The number of anilines is 1. The van der Waals surface area contributed by atoms with Crippen molar-refractivity contribution in [2.75, 3.05) is 18.4 Å². The molecule has 0 unspecified atom stereocenters. The Kier molecular flexibility index (Phi) is 4.35. The third-order valence-electron chi connectivity index (χ3n) is 2.92. The first kappa shape index (κ1) is 15.2. The molecule has 2 N–H and O–H groups in total. The summed E-state index contributed by atoms with van der Waals surface area (Å²) in [7, 11) is -3.57. The minimum atomic E-state index is -3.57. The Bertz CT molecular complexity index is 897. The Hall–Kier alpha value is -2.72. The zero-order valence-corrected chi connectivity index (χ0v) is 12.7. The van der Waals surface area contributed by atoms with Crippen LogP contribution in [0.25, 0.3) is 11.2 Å².